The summed E-state index contributed by atoms with van der Waals surface area (Å²) < 4.78 is 26.0. The molecule has 6 heteroatoms. The maximum absolute atomic E-state index is 13.1. The topological polar surface area (TPSA) is 54.9 Å². The average Bonchev–Trinajstić information content (AvgIpc) is 3.23. The van der Waals surface area contributed by atoms with Gasteiger partial charge in [0.2, 0.25) is 5.91 Å². The molecule has 1 N–H and O–H groups in total. The molecule has 1 aromatic heterocycles. The molecule has 0 bridgehead atoms. The normalized spacial score (nSPS) is 20.5. The molecule has 0 spiro atoms. The maximum atomic E-state index is 13.1. The lowest BCUT2D eigenvalue weighted by Crippen LogP contribution is -2.15. The van der Waals surface area contributed by atoms with E-state index in [1.54, 1.807) is 0 Å². The first-order chi connectivity index (χ1) is 9.65. The van der Waals surface area contributed by atoms with Crippen molar-refractivity contribution in [2.45, 2.75) is 12.3 Å². The number of nitrogens with zero attached hydrogens (tertiary/aromatic N) is 2. The quantitative estimate of drug-likeness (QED) is 0.936. The monoisotopic (exact) mass is 275 g/mol. The number of rotatable bonds is 3. The van der Waals surface area contributed by atoms with Crippen LogP contribution in [0.3, 0.4) is 0 Å². The van der Waals surface area contributed by atoms with Gasteiger partial charge in [0.1, 0.15) is 0 Å². The van der Waals surface area contributed by atoms with Gasteiger partial charge < -0.3 is 5.32 Å². The molecule has 1 heterocycles. The second kappa shape index (κ2) is 4.96. The van der Waals surface area contributed by atoms with Gasteiger partial charge in [0.15, 0.2) is 17.5 Å². The first kappa shape index (κ1) is 12.7. The highest BCUT2D eigenvalue weighted by Crippen LogP contribution is 2.48. The Morgan fingerprint density at radius 2 is 2.10 bits per heavy atom. The van der Waals surface area contributed by atoms with Gasteiger partial charge in [0, 0.05) is 18.3 Å². The Bertz CT molecular complexity index is 648. The lowest BCUT2D eigenvalue weighted by atomic mass is 10.1. The van der Waals surface area contributed by atoms with E-state index in [0.29, 0.717) is 17.8 Å². The van der Waals surface area contributed by atoms with Crippen LogP contribution in [0, 0.1) is 17.6 Å². The summed E-state index contributed by atoms with van der Waals surface area (Å²) in [6, 6.07) is 3.74. The van der Waals surface area contributed by atoms with Crippen LogP contribution in [-0.2, 0) is 4.79 Å². The molecule has 1 aliphatic carbocycles. The summed E-state index contributed by atoms with van der Waals surface area (Å²) in [5, 5.41) is 2.65. The van der Waals surface area contributed by atoms with Gasteiger partial charge in [0.05, 0.1) is 6.20 Å². The summed E-state index contributed by atoms with van der Waals surface area (Å²) in [5.41, 5.74) is 0.642. The van der Waals surface area contributed by atoms with Crippen LogP contribution in [-0.4, -0.2) is 15.9 Å². The minimum Gasteiger partial charge on any atom is -0.309 e. The molecule has 0 saturated heterocycles. The molecule has 0 radical (unpaired) electrons. The molecule has 4 nitrogen and oxygen atoms in total. The van der Waals surface area contributed by atoms with Crippen LogP contribution in [0.15, 0.2) is 36.8 Å². The van der Waals surface area contributed by atoms with E-state index in [2.05, 4.69) is 15.3 Å². The van der Waals surface area contributed by atoms with Gasteiger partial charge in [-0.15, -0.1) is 0 Å². The van der Waals surface area contributed by atoms with Crippen LogP contribution in [0.25, 0.3) is 0 Å². The van der Waals surface area contributed by atoms with Crippen LogP contribution in [0.1, 0.15) is 17.9 Å². The first-order valence-corrected chi connectivity index (χ1v) is 6.17. The van der Waals surface area contributed by atoms with Gasteiger partial charge in [-0.05, 0) is 30.0 Å². The van der Waals surface area contributed by atoms with E-state index < -0.39 is 11.6 Å². The van der Waals surface area contributed by atoms with Gasteiger partial charge in [-0.25, -0.2) is 13.8 Å². The number of aromatic nitrogens is 2. The molecule has 1 fully saturated rings. The first-order valence-electron chi connectivity index (χ1n) is 6.17. The number of anilines is 1. The van der Waals surface area contributed by atoms with Crippen LogP contribution < -0.4 is 5.32 Å². The summed E-state index contributed by atoms with van der Waals surface area (Å²) in [7, 11) is 0. The second-order valence-electron chi connectivity index (χ2n) is 4.70. The molecule has 2 atom stereocenters. The molecule has 1 amide bonds. The van der Waals surface area contributed by atoms with E-state index >= 15 is 0 Å². The van der Waals surface area contributed by atoms with Crippen molar-refractivity contribution < 1.29 is 13.6 Å². The van der Waals surface area contributed by atoms with Crippen molar-refractivity contribution in [2.75, 3.05) is 5.32 Å². The van der Waals surface area contributed by atoms with Crippen LogP contribution in [0.4, 0.5) is 14.6 Å². The number of carbonyl (C=O) groups excluding carboxylic acids is 1. The highest BCUT2D eigenvalue weighted by atomic mass is 19.2. The SMILES string of the molecule is O=C(Nc1cnccn1)[C@@H]1C[C@@H]1c1ccc(F)c(F)c1. The summed E-state index contributed by atoms with van der Waals surface area (Å²) >= 11 is 0. The Labute approximate surface area is 113 Å². The molecule has 0 aliphatic heterocycles. The summed E-state index contributed by atoms with van der Waals surface area (Å²) in [5.74, 6) is -1.87. The number of halogens is 2. The minimum atomic E-state index is -0.887. The van der Waals surface area contributed by atoms with Gasteiger partial charge >= 0.3 is 0 Å². The molecular weight excluding hydrogens is 264 g/mol. The van der Waals surface area contributed by atoms with E-state index in [9.17, 15) is 13.6 Å². The molecule has 1 aromatic carbocycles. The highest BCUT2D eigenvalue weighted by Gasteiger charge is 2.44. The highest BCUT2D eigenvalue weighted by molar-refractivity contribution is 5.94. The molecule has 1 aliphatic rings. The Hall–Kier alpha value is -2.37. The molecule has 102 valence electrons. The lowest BCUT2D eigenvalue weighted by molar-refractivity contribution is -0.117. The third-order valence-electron chi connectivity index (χ3n) is 3.31. The summed E-state index contributed by atoms with van der Waals surface area (Å²) in [4.78, 5) is 19.8. The van der Waals surface area contributed by atoms with Crippen molar-refractivity contribution in [1.82, 2.24) is 9.97 Å². The zero-order valence-electron chi connectivity index (χ0n) is 10.4. The predicted molar refractivity (Wildman–Crippen MR) is 67.9 cm³/mol. The summed E-state index contributed by atoms with van der Waals surface area (Å²) in [6.07, 6.45) is 5.07. The zero-order chi connectivity index (χ0) is 14.1. The van der Waals surface area contributed by atoms with Crippen molar-refractivity contribution in [3.05, 3.63) is 54.0 Å². The van der Waals surface area contributed by atoms with Crippen molar-refractivity contribution in [3.8, 4) is 0 Å². The van der Waals surface area contributed by atoms with E-state index in [4.69, 9.17) is 0 Å². The molecule has 1 saturated carbocycles. The molecule has 0 unspecified atom stereocenters. The Kier molecular flexibility index (Phi) is 3.14. The number of hydrogen-bond acceptors (Lipinski definition) is 3. The largest absolute Gasteiger partial charge is 0.309 e. The Morgan fingerprint density at radius 1 is 1.25 bits per heavy atom. The summed E-state index contributed by atoms with van der Waals surface area (Å²) in [6.45, 7) is 0. The van der Waals surface area contributed by atoms with Gasteiger partial charge in [-0.1, -0.05) is 6.07 Å². The molecule has 2 aromatic rings. The second-order valence-corrected chi connectivity index (χ2v) is 4.70. The standard InChI is InChI=1S/C14H11F2N3O/c15-11-2-1-8(5-12(11)16)9-6-10(9)14(20)19-13-7-17-3-4-18-13/h1-5,7,9-10H,6H2,(H,18,19,20)/t9-,10-/m1/s1. The number of benzene rings is 1. The predicted octanol–water partition coefficient (Wildman–Crippen LogP) is 2.50. The van der Waals surface area contributed by atoms with E-state index in [-0.39, 0.29) is 17.7 Å². The van der Waals surface area contributed by atoms with Crippen molar-refractivity contribution in [3.63, 3.8) is 0 Å². The van der Waals surface area contributed by atoms with Gasteiger partial charge in [-0.3, -0.25) is 9.78 Å². The fourth-order valence-electron chi connectivity index (χ4n) is 2.18. The van der Waals surface area contributed by atoms with E-state index in [1.165, 1.54) is 24.7 Å². The lowest BCUT2D eigenvalue weighted by Gasteiger charge is -2.03. The van der Waals surface area contributed by atoms with Crippen molar-refractivity contribution >= 4 is 11.7 Å². The van der Waals surface area contributed by atoms with Crippen LogP contribution in [0.5, 0.6) is 0 Å². The van der Waals surface area contributed by atoms with Crippen molar-refractivity contribution in [1.29, 1.82) is 0 Å². The zero-order valence-corrected chi connectivity index (χ0v) is 10.4. The van der Waals surface area contributed by atoms with E-state index in [1.807, 2.05) is 0 Å². The van der Waals surface area contributed by atoms with Gasteiger partial charge in [0.25, 0.3) is 0 Å². The van der Waals surface area contributed by atoms with Crippen LogP contribution in [0.2, 0.25) is 0 Å². The smallest absolute Gasteiger partial charge is 0.229 e. The molecule has 3 rings (SSSR count). The Morgan fingerprint density at radius 3 is 2.80 bits per heavy atom. The van der Waals surface area contributed by atoms with Crippen molar-refractivity contribution in [2.24, 2.45) is 5.92 Å². The van der Waals surface area contributed by atoms with Crippen LogP contribution >= 0.6 is 0 Å². The maximum Gasteiger partial charge on any atom is 0.229 e. The average molecular weight is 275 g/mol. The number of nitrogens with one attached hydrogen (secondary N) is 1. The molecule has 20 heavy (non-hydrogen) atoms. The number of carbonyl (C=O) groups is 1. The number of hydrogen-bond donors (Lipinski definition) is 1. The number of amides is 1. The fourth-order valence-corrected chi connectivity index (χ4v) is 2.18. The minimum absolute atomic E-state index is 0.0678. The third-order valence-corrected chi connectivity index (χ3v) is 3.31. The molecular formula is C14H11F2N3O. The van der Waals surface area contributed by atoms with Gasteiger partial charge in [-0.2, -0.15) is 0 Å². The fraction of sp³-hybridized carbons (Fsp3) is 0.214. The Balaban J connectivity index is 1.66. The third kappa shape index (κ3) is 2.49. The van der Waals surface area contributed by atoms with E-state index in [0.717, 1.165) is 12.1 Å².